The molecule has 1 saturated heterocycles. The first-order chi connectivity index (χ1) is 31.2. The molecular formula is C49H66N8O9. The van der Waals surface area contributed by atoms with Crippen LogP contribution in [0, 0.1) is 6.92 Å². The topological polar surface area (TPSA) is 177 Å². The number of methoxy groups -OCH3 is 1. The van der Waals surface area contributed by atoms with Gasteiger partial charge in [0.1, 0.15) is 34.2 Å². The van der Waals surface area contributed by atoms with E-state index in [-0.39, 0.29) is 41.8 Å². The van der Waals surface area contributed by atoms with E-state index in [2.05, 4.69) is 33.3 Å². The summed E-state index contributed by atoms with van der Waals surface area (Å²) in [6.45, 7) is 20.1. The number of anilines is 3. The molecule has 2 N–H and O–H groups in total. The van der Waals surface area contributed by atoms with E-state index in [0.29, 0.717) is 53.3 Å². The molecule has 356 valence electrons. The molecular weight excluding hydrogens is 845 g/mol. The predicted octanol–water partition coefficient (Wildman–Crippen LogP) is 7.85. The van der Waals surface area contributed by atoms with Gasteiger partial charge in [-0.1, -0.05) is 19.1 Å². The van der Waals surface area contributed by atoms with Gasteiger partial charge in [-0.25, -0.2) is 23.9 Å². The van der Waals surface area contributed by atoms with Crippen LogP contribution in [0.15, 0.2) is 60.3 Å². The molecule has 2 heterocycles. The quantitative estimate of drug-likeness (QED) is 0.0775. The molecule has 1 fully saturated rings. The van der Waals surface area contributed by atoms with Crippen molar-refractivity contribution in [2.75, 3.05) is 89.2 Å². The van der Waals surface area contributed by atoms with E-state index < -0.39 is 29.3 Å². The van der Waals surface area contributed by atoms with Crippen LogP contribution in [0.4, 0.5) is 26.9 Å². The number of benzene rings is 3. The van der Waals surface area contributed by atoms with E-state index in [1.807, 2.05) is 25.1 Å². The van der Waals surface area contributed by atoms with Gasteiger partial charge in [-0.15, -0.1) is 0 Å². The van der Waals surface area contributed by atoms with Gasteiger partial charge < -0.3 is 49.2 Å². The Kier molecular flexibility index (Phi) is 16.9. The van der Waals surface area contributed by atoms with Gasteiger partial charge in [-0.3, -0.25) is 9.59 Å². The maximum Gasteiger partial charge on any atom is 0.421 e. The summed E-state index contributed by atoms with van der Waals surface area (Å²) in [4.78, 5) is 78.0. The SMILES string of the molecule is CCN1CCN(C(=C=O)CCCCOc2cc(C)ccc2N(C)C(=O)c2ccc(C(=O)Nc3cccc4c3nc(NCCN(C)C(=O)OC(C)(C)C)n4C(=O)OC(C)(C)C)c(OC)c2)CC1. The maximum atomic E-state index is 14.0. The van der Waals surface area contributed by atoms with Crippen LogP contribution in [0.25, 0.3) is 11.0 Å². The van der Waals surface area contributed by atoms with Gasteiger partial charge in [0.15, 0.2) is 0 Å². The normalized spacial score (nSPS) is 13.1. The lowest BCUT2D eigenvalue weighted by Crippen LogP contribution is -2.45. The highest BCUT2D eigenvalue weighted by molar-refractivity contribution is 6.12. The zero-order chi connectivity index (χ0) is 48.3. The monoisotopic (exact) mass is 910 g/mol. The minimum absolute atomic E-state index is 0.142. The number of hydrogen-bond acceptors (Lipinski definition) is 13. The van der Waals surface area contributed by atoms with Gasteiger partial charge in [0, 0.05) is 58.9 Å². The molecule has 0 unspecified atom stereocenters. The zero-order valence-electron chi connectivity index (χ0n) is 40.3. The fourth-order valence-electron chi connectivity index (χ4n) is 7.28. The zero-order valence-corrected chi connectivity index (χ0v) is 40.3. The van der Waals surface area contributed by atoms with Crippen LogP contribution >= 0.6 is 0 Å². The Morgan fingerprint density at radius 1 is 0.879 bits per heavy atom. The molecule has 0 atom stereocenters. The average molecular weight is 911 g/mol. The van der Waals surface area contributed by atoms with E-state index in [0.717, 1.165) is 44.7 Å². The number of piperazine rings is 1. The van der Waals surface area contributed by atoms with Crippen LogP contribution < -0.4 is 25.0 Å². The second-order valence-corrected chi connectivity index (χ2v) is 18.2. The smallest absolute Gasteiger partial charge is 0.421 e. The lowest BCUT2D eigenvalue weighted by molar-refractivity contribution is 0.0304. The van der Waals surface area contributed by atoms with Crippen molar-refractivity contribution in [3.8, 4) is 11.5 Å². The fraction of sp³-hybridized carbons (Fsp3) is 0.490. The molecule has 0 spiro atoms. The summed E-state index contributed by atoms with van der Waals surface area (Å²) in [5, 5.41) is 6.04. The summed E-state index contributed by atoms with van der Waals surface area (Å²) in [5.41, 5.74) is 2.13. The number of allylic oxidation sites excluding steroid dienone is 1. The molecule has 17 heteroatoms. The highest BCUT2D eigenvalue weighted by Crippen LogP contribution is 2.33. The summed E-state index contributed by atoms with van der Waals surface area (Å²) < 4.78 is 24.3. The van der Waals surface area contributed by atoms with Gasteiger partial charge in [-0.2, -0.15) is 0 Å². The van der Waals surface area contributed by atoms with Crippen molar-refractivity contribution in [3.05, 3.63) is 77.0 Å². The summed E-state index contributed by atoms with van der Waals surface area (Å²) in [7, 11) is 4.68. The number of carbonyl (C=O) groups is 4. The average Bonchev–Trinajstić information content (AvgIpc) is 3.65. The third kappa shape index (κ3) is 13.3. The minimum atomic E-state index is -0.824. The number of hydrogen-bond donors (Lipinski definition) is 2. The molecule has 66 heavy (non-hydrogen) atoms. The van der Waals surface area contributed by atoms with Crippen LogP contribution in [0.5, 0.6) is 11.5 Å². The summed E-state index contributed by atoms with van der Waals surface area (Å²) >= 11 is 0. The fourth-order valence-corrected chi connectivity index (χ4v) is 7.28. The highest BCUT2D eigenvalue weighted by Gasteiger charge is 2.27. The Morgan fingerprint density at radius 2 is 1.59 bits per heavy atom. The Hall–Kier alpha value is -6.58. The molecule has 0 aliphatic carbocycles. The first kappa shape index (κ1) is 50.4. The van der Waals surface area contributed by atoms with Gasteiger partial charge in [0.05, 0.1) is 41.9 Å². The van der Waals surface area contributed by atoms with Gasteiger partial charge in [-0.05, 0) is 122 Å². The number of amides is 3. The largest absolute Gasteiger partial charge is 0.496 e. The number of aromatic nitrogens is 2. The van der Waals surface area contributed by atoms with Gasteiger partial charge >= 0.3 is 12.2 Å². The summed E-state index contributed by atoms with van der Waals surface area (Å²) in [6.07, 6.45) is 0.895. The van der Waals surface area contributed by atoms with E-state index in [1.165, 1.54) is 33.6 Å². The van der Waals surface area contributed by atoms with Crippen LogP contribution in [-0.2, 0) is 14.3 Å². The third-order valence-electron chi connectivity index (χ3n) is 10.8. The molecule has 5 rings (SSSR count). The van der Waals surface area contributed by atoms with Gasteiger partial charge in [0.25, 0.3) is 11.8 Å². The van der Waals surface area contributed by atoms with Crippen LogP contribution in [0.1, 0.15) is 94.0 Å². The Labute approximate surface area is 388 Å². The van der Waals surface area contributed by atoms with Crippen molar-refractivity contribution in [1.29, 1.82) is 0 Å². The standard InChI is InChI=1S/C49H66N8O9/c1-12-55-25-27-56(28-26-55)35(32-58)16-13-14-29-64-41-30-33(2)19-22-38(41)54(10)44(60)34-20-21-36(40(31-34)63-11)43(59)51-37-17-15-18-39-42(37)52-45(57(39)47(62)66-49(6,7)8)50-23-24-53(9)46(61)65-48(3,4)5/h15,17-22,30-31H,12-14,16,23-29H2,1-11H3,(H,50,52)(H,51,59). The molecule has 1 aliphatic heterocycles. The number of aryl methyl sites for hydroxylation is 1. The number of likely N-dealkylation sites (N-methyl/N-ethyl adjacent to an activating group) is 2. The summed E-state index contributed by atoms with van der Waals surface area (Å²) in [5.74, 6) is 2.11. The van der Waals surface area contributed by atoms with Crippen LogP contribution in [-0.4, -0.2) is 139 Å². The number of para-hydroxylation sites is 1. The van der Waals surface area contributed by atoms with Crippen molar-refractivity contribution < 1.29 is 42.9 Å². The van der Waals surface area contributed by atoms with Gasteiger partial charge in [0.2, 0.25) is 5.95 Å². The molecule has 1 aromatic heterocycles. The summed E-state index contributed by atoms with van der Waals surface area (Å²) in [6, 6.07) is 15.2. The Morgan fingerprint density at radius 3 is 2.24 bits per heavy atom. The number of imidazole rings is 1. The molecule has 0 radical (unpaired) electrons. The van der Waals surface area contributed by atoms with Crippen LogP contribution in [0.3, 0.4) is 0 Å². The predicted molar refractivity (Wildman–Crippen MR) is 256 cm³/mol. The van der Waals surface area contributed by atoms with Crippen molar-refractivity contribution in [2.45, 2.75) is 85.9 Å². The molecule has 3 aromatic carbocycles. The number of nitrogens with one attached hydrogen (secondary N) is 2. The maximum absolute atomic E-state index is 14.0. The van der Waals surface area contributed by atoms with E-state index in [1.54, 1.807) is 79.9 Å². The lowest BCUT2D eigenvalue weighted by atomic mass is 10.1. The minimum Gasteiger partial charge on any atom is -0.496 e. The lowest BCUT2D eigenvalue weighted by Gasteiger charge is -2.35. The molecule has 4 aromatic rings. The van der Waals surface area contributed by atoms with E-state index in [9.17, 15) is 24.0 Å². The second kappa shape index (κ2) is 22.1. The number of carbonyl (C=O) groups excluding carboxylic acids is 5. The van der Waals surface area contributed by atoms with Crippen molar-refractivity contribution in [2.24, 2.45) is 0 Å². The number of fused-ring (bicyclic) bond motifs is 1. The molecule has 0 saturated carbocycles. The second-order valence-electron chi connectivity index (χ2n) is 18.2. The number of unbranched alkanes of at least 4 members (excludes halogenated alkanes) is 1. The molecule has 0 bridgehead atoms. The first-order valence-electron chi connectivity index (χ1n) is 22.4. The number of nitrogens with zero attached hydrogens (tertiary/aromatic N) is 6. The van der Waals surface area contributed by atoms with Crippen LogP contribution in [0.2, 0.25) is 0 Å². The van der Waals surface area contributed by atoms with Crippen molar-refractivity contribution in [3.63, 3.8) is 0 Å². The number of ether oxygens (including phenoxy) is 4. The van der Waals surface area contributed by atoms with Crippen molar-refractivity contribution in [1.82, 2.24) is 24.3 Å². The molecule has 1 aliphatic rings. The Balaban J connectivity index is 1.29. The highest BCUT2D eigenvalue weighted by atomic mass is 16.6. The van der Waals surface area contributed by atoms with Crippen molar-refractivity contribution >= 4 is 58.3 Å². The molecule has 17 nitrogen and oxygen atoms in total. The first-order valence-corrected chi connectivity index (χ1v) is 22.4. The third-order valence-corrected chi connectivity index (χ3v) is 10.8. The number of rotatable bonds is 17. The Bertz CT molecular complexity index is 2420. The van der Waals surface area contributed by atoms with E-state index >= 15 is 0 Å². The van der Waals surface area contributed by atoms with E-state index in [4.69, 9.17) is 23.9 Å². The molecule has 3 amide bonds.